The van der Waals surface area contributed by atoms with Gasteiger partial charge in [0.15, 0.2) is 5.82 Å². The Kier molecular flexibility index (Phi) is 3.48. The first-order valence-corrected chi connectivity index (χ1v) is 6.90. The molecule has 3 nitrogen and oxygen atoms in total. The van der Waals surface area contributed by atoms with Crippen molar-refractivity contribution < 1.29 is 5.11 Å². The van der Waals surface area contributed by atoms with Crippen molar-refractivity contribution in [1.29, 1.82) is 0 Å². The van der Waals surface area contributed by atoms with Crippen LogP contribution in [0.1, 0.15) is 5.56 Å². The van der Waals surface area contributed by atoms with Crippen molar-refractivity contribution in [2.45, 2.75) is 0 Å². The molecule has 3 aromatic rings. The molecule has 3 rings (SSSR count). The van der Waals surface area contributed by atoms with Crippen LogP contribution < -0.4 is 0 Å². The lowest BCUT2D eigenvalue weighted by atomic mass is 10.2. The van der Waals surface area contributed by atoms with Crippen LogP contribution in [0.4, 0.5) is 5.82 Å². The SMILES string of the molecule is Oc1ccc(Br)cc1C=Nc1ccc2ccccc2n1. The summed E-state index contributed by atoms with van der Waals surface area (Å²) in [6, 6.07) is 16.9. The molecule has 0 unspecified atom stereocenters. The van der Waals surface area contributed by atoms with E-state index >= 15 is 0 Å². The topological polar surface area (TPSA) is 45.5 Å². The summed E-state index contributed by atoms with van der Waals surface area (Å²) >= 11 is 3.37. The summed E-state index contributed by atoms with van der Waals surface area (Å²) in [6.45, 7) is 0. The van der Waals surface area contributed by atoms with E-state index in [9.17, 15) is 5.11 Å². The van der Waals surface area contributed by atoms with Crippen LogP contribution in [0.5, 0.6) is 5.75 Å². The first-order valence-electron chi connectivity index (χ1n) is 6.11. The molecule has 2 aromatic carbocycles. The number of phenols is 1. The van der Waals surface area contributed by atoms with Crippen LogP contribution in [0, 0.1) is 0 Å². The van der Waals surface area contributed by atoms with Crippen molar-refractivity contribution in [2.24, 2.45) is 4.99 Å². The predicted octanol–water partition coefficient (Wildman–Crippen LogP) is 4.45. The van der Waals surface area contributed by atoms with Gasteiger partial charge in [0.25, 0.3) is 0 Å². The summed E-state index contributed by atoms with van der Waals surface area (Å²) in [5.41, 5.74) is 1.55. The minimum Gasteiger partial charge on any atom is -0.507 e. The Balaban J connectivity index is 1.96. The fourth-order valence-corrected chi connectivity index (χ4v) is 2.27. The van der Waals surface area contributed by atoms with Crippen LogP contribution in [0.2, 0.25) is 0 Å². The number of halogens is 1. The standard InChI is InChI=1S/C16H11BrN2O/c17-13-6-7-15(20)12(9-13)10-18-16-8-5-11-3-1-2-4-14(11)19-16/h1-10,20H. The largest absolute Gasteiger partial charge is 0.507 e. The summed E-state index contributed by atoms with van der Waals surface area (Å²) in [7, 11) is 0. The summed E-state index contributed by atoms with van der Waals surface area (Å²) < 4.78 is 0.892. The maximum atomic E-state index is 9.75. The number of para-hydroxylation sites is 1. The number of aromatic hydroxyl groups is 1. The monoisotopic (exact) mass is 326 g/mol. The van der Waals surface area contributed by atoms with Gasteiger partial charge in [-0.05, 0) is 36.4 Å². The molecule has 0 atom stereocenters. The van der Waals surface area contributed by atoms with Crippen molar-refractivity contribution in [3.8, 4) is 5.75 Å². The van der Waals surface area contributed by atoms with Crippen molar-refractivity contribution in [2.75, 3.05) is 0 Å². The first-order chi connectivity index (χ1) is 9.72. The average Bonchev–Trinajstić information content (AvgIpc) is 2.48. The van der Waals surface area contributed by atoms with E-state index < -0.39 is 0 Å². The molecule has 1 aromatic heterocycles. The molecule has 0 fully saturated rings. The molecule has 0 radical (unpaired) electrons. The number of benzene rings is 2. The third-order valence-electron chi connectivity index (χ3n) is 2.91. The molecule has 1 heterocycles. The van der Waals surface area contributed by atoms with Gasteiger partial charge in [0.1, 0.15) is 5.75 Å². The van der Waals surface area contributed by atoms with E-state index in [-0.39, 0.29) is 5.75 Å². The Labute approximate surface area is 124 Å². The van der Waals surface area contributed by atoms with E-state index in [2.05, 4.69) is 25.9 Å². The molecule has 0 bridgehead atoms. The minimum atomic E-state index is 0.192. The Morgan fingerprint density at radius 1 is 1.05 bits per heavy atom. The third-order valence-corrected chi connectivity index (χ3v) is 3.40. The van der Waals surface area contributed by atoms with Gasteiger partial charge in [0, 0.05) is 21.6 Å². The Morgan fingerprint density at radius 2 is 1.90 bits per heavy atom. The van der Waals surface area contributed by atoms with Gasteiger partial charge in [-0.25, -0.2) is 9.98 Å². The Bertz CT molecular complexity index is 799. The highest BCUT2D eigenvalue weighted by molar-refractivity contribution is 9.10. The number of fused-ring (bicyclic) bond motifs is 1. The Morgan fingerprint density at radius 3 is 2.80 bits per heavy atom. The first kappa shape index (κ1) is 12.8. The van der Waals surface area contributed by atoms with Gasteiger partial charge >= 0.3 is 0 Å². The summed E-state index contributed by atoms with van der Waals surface area (Å²) in [5.74, 6) is 0.806. The third kappa shape index (κ3) is 2.70. The number of hydrogen-bond acceptors (Lipinski definition) is 3. The molecular formula is C16H11BrN2O. The van der Waals surface area contributed by atoms with Gasteiger partial charge in [-0.3, -0.25) is 0 Å². The molecule has 98 valence electrons. The fourth-order valence-electron chi connectivity index (χ4n) is 1.89. The zero-order chi connectivity index (χ0) is 13.9. The maximum Gasteiger partial charge on any atom is 0.152 e. The molecule has 0 saturated carbocycles. The molecular weight excluding hydrogens is 316 g/mol. The molecule has 20 heavy (non-hydrogen) atoms. The quantitative estimate of drug-likeness (QED) is 0.707. The van der Waals surface area contributed by atoms with E-state index in [1.165, 1.54) is 0 Å². The molecule has 0 amide bonds. The van der Waals surface area contributed by atoms with Crippen molar-refractivity contribution in [3.63, 3.8) is 0 Å². The number of rotatable bonds is 2. The summed E-state index contributed by atoms with van der Waals surface area (Å²) in [5, 5.41) is 10.8. The lowest BCUT2D eigenvalue weighted by Crippen LogP contribution is -1.84. The number of hydrogen-bond donors (Lipinski definition) is 1. The predicted molar refractivity (Wildman–Crippen MR) is 84.8 cm³/mol. The number of aliphatic imine (C=N–C) groups is 1. The van der Waals surface area contributed by atoms with E-state index in [0.717, 1.165) is 15.4 Å². The van der Waals surface area contributed by atoms with E-state index in [0.29, 0.717) is 11.4 Å². The van der Waals surface area contributed by atoms with Crippen molar-refractivity contribution in [1.82, 2.24) is 4.98 Å². The second-order valence-corrected chi connectivity index (χ2v) is 5.24. The Hall–Kier alpha value is -2.20. The van der Waals surface area contributed by atoms with Gasteiger partial charge in [-0.2, -0.15) is 0 Å². The van der Waals surface area contributed by atoms with Gasteiger partial charge in [-0.15, -0.1) is 0 Å². The molecule has 0 saturated heterocycles. The van der Waals surface area contributed by atoms with Crippen LogP contribution >= 0.6 is 15.9 Å². The van der Waals surface area contributed by atoms with Gasteiger partial charge < -0.3 is 5.11 Å². The van der Waals surface area contributed by atoms with Crippen molar-refractivity contribution >= 4 is 38.9 Å². The minimum absolute atomic E-state index is 0.192. The van der Waals surface area contributed by atoms with Crippen LogP contribution in [-0.2, 0) is 0 Å². The fraction of sp³-hybridized carbons (Fsp3) is 0. The maximum absolute atomic E-state index is 9.75. The lowest BCUT2D eigenvalue weighted by molar-refractivity contribution is 0.474. The van der Waals surface area contributed by atoms with Crippen molar-refractivity contribution in [3.05, 3.63) is 64.6 Å². The number of pyridine rings is 1. The average molecular weight is 327 g/mol. The second-order valence-electron chi connectivity index (χ2n) is 4.32. The van der Waals surface area contributed by atoms with Gasteiger partial charge in [0.05, 0.1) is 5.52 Å². The molecule has 0 spiro atoms. The van der Waals surface area contributed by atoms with E-state index in [1.54, 1.807) is 24.4 Å². The van der Waals surface area contributed by atoms with E-state index in [1.807, 2.05) is 36.4 Å². The summed E-state index contributed by atoms with van der Waals surface area (Å²) in [4.78, 5) is 8.76. The number of nitrogens with zero attached hydrogens (tertiary/aromatic N) is 2. The zero-order valence-electron chi connectivity index (χ0n) is 10.5. The number of aromatic nitrogens is 1. The molecule has 4 heteroatoms. The van der Waals surface area contributed by atoms with Crippen LogP contribution in [0.3, 0.4) is 0 Å². The molecule has 0 aliphatic rings. The van der Waals surface area contributed by atoms with Crippen LogP contribution in [0.15, 0.2) is 64.1 Å². The summed E-state index contributed by atoms with van der Waals surface area (Å²) in [6.07, 6.45) is 1.61. The van der Waals surface area contributed by atoms with Crippen LogP contribution in [-0.4, -0.2) is 16.3 Å². The lowest BCUT2D eigenvalue weighted by Gasteiger charge is -2.00. The molecule has 0 aliphatic carbocycles. The van der Waals surface area contributed by atoms with Crippen LogP contribution in [0.25, 0.3) is 10.9 Å². The highest BCUT2D eigenvalue weighted by Gasteiger charge is 2.00. The van der Waals surface area contributed by atoms with E-state index in [4.69, 9.17) is 0 Å². The highest BCUT2D eigenvalue weighted by Crippen LogP contribution is 2.21. The smallest absolute Gasteiger partial charge is 0.152 e. The zero-order valence-corrected chi connectivity index (χ0v) is 12.1. The highest BCUT2D eigenvalue weighted by atomic mass is 79.9. The van der Waals surface area contributed by atoms with Gasteiger partial charge in [-0.1, -0.05) is 34.1 Å². The van der Waals surface area contributed by atoms with Gasteiger partial charge in [0.2, 0.25) is 0 Å². The molecule has 1 N–H and O–H groups in total. The normalized spacial score (nSPS) is 11.2. The second kappa shape index (κ2) is 5.43. The molecule has 0 aliphatic heterocycles. The number of phenolic OH excluding ortho intramolecular Hbond substituents is 1.